The number of aromatic nitrogens is 2. The Balaban J connectivity index is 3.15. The van der Waals surface area contributed by atoms with Gasteiger partial charge in [0.2, 0.25) is 0 Å². The summed E-state index contributed by atoms with van der Waals surface area (Å²) in [6.07, 6.45) is 4.15. The first-order chi connectivity index (χ1) is 4.34. The molecule has 0 bridgehead atoms. The van der Waals surface area contributed by atoms with Gasteiger partial charge < -0.3 is 5.11 Å². The molecule has 9 heavy (non-hydrogen) atoms. The third-order valence-corrected chi connectivity index (χ3v) is 0.916. The van der Waals surface area contributed by atoms with Crippen LogP contribution < -0.4 is 0 Å². The van der Waals surface area contributed by atoms with E-state index in [1.807, 2.05) is 0 Å². The van der Waals surface area contributed by atoms with E-state index in [0.29, 0.717) is 5.69 Å². The number of hydrogen-bond donors (Lipinski definition) is 1. The normalized spacial score (nSPS) is 8.89. The van der Waals surface area contributed by atoms with Gasteiger partial charge in [-0.05, 0) is 6.08 Å². The van der Waals surface area contributed by atoms with Crippen molar-refractivity contribution in [2.75, 3.05) is 0 Å². The summed E-state index contributed by atoms with van der Waals surface area (Å²) in [6, 6.07) is 0. The van der Waals surface area contributed by atoms with Crippen molar-refractivity contribution in [1.82, 2.24) is 9.97 Å². The molecule has 0 fully saturated rings. The lowest BCUT2D eigenvalue weighted by atomic mass is 10.4. The maximum atomic E-state index is 8.91. The van der Waals surface area contributed by atoms with Crippen molar-refractivity contribution in [2.45, 2.75) is 0 Å². The van der Waals surface area contributed by atoms with Gasteiger partial charge in [0.1, 0.15) is 12.0 Å². The maximum absolute atomic E-state index is 8.91. The van der Waals surface area contributed by atoms with Gasteiger partial charge >= 0.3 is 0 Å². The van der Waals surface area contributed by atoms with E-state index in [2.05, 4.69) is 16.5 Å². The average Bonchev–Trinajstić information content (AvgIpc) is 1.89. The number of rotatable bonds is 1. The summed E-state index contributed by atoms with van der Waals surface area (Å²) in [5.74, 6) is 0.0625. The van der Waals surface area contributed by atoms with Crippen LogP contribution in [0, 0.1) is 0 Å². The third kappa shape index (κ3) is 1.05. The highest BCUT2D eigenvalue weighted by atomic mass is 16.3. The Kier molecular flexibility index (Phi) is 1.44. The largest absolute Gasteiger partial charge is 0.504 e. The Morgan fingerprint density at radius 2 is 2.44 bits per heavy atom. The Morgan fingerprint density at radius 3 is 2.89 bits per heavy atom. The second kappa shape index (κ2) is 2.26. The van der Waals surface area contributed by atoms with E-state index in [9.17, 15) is 0 Å². The highest BCUT2D eigenvalue weighted by molar-refractivity contribution is 5.48. The predicted molar refractivity (Wildman–Crippen MR) is 33.8 cm³/mol. The van der Waals surface area contributed by atoms with Crippen LogP contribution in [0.2, 0.25) is 0 Å². The first kappa shape index (κ1) is 5.75. The summed E-state index contributed by atoms with van der Waals surface area (Å²) >= 11 is 0. The summed E-state index contributed by atoms with van der Waals surface area (Å²) < 4.78 is 0. The van der Waals surface area contributed by atoms with E-state index in [-0.39, 0.29) is 5.75 Å². The summed E-state index contributed by atoms with van der Waals surface area (Å²) in [6.45, 7) is 3.44. The average molecular weight is 122 g/mol. The zero-order valence-electron chi connectivity index (χ0n) is 4.78. The molecule has 0 saturated heterocycles. The topological polar surface area (TPSA) is 46.0 Å². The van der Waals surface area contributed by atoms with Crippen molar-refractivity contribution >= 4 is 6.08 Å². The molecule has 0 amide bonds. The van der Waals surface area contributed by atoms with E-state index in [1.54, 1.807) is 0 Å². The van der Waals surface area contributed by atoms with Gasteiger partial charge in [-0.1, -0.05) is 6.58 Å². The van der Waals surface area contributed by atoms with E-state index in [0.717, 1.165) is 0 Å². The van der Waals surface area contributed by atoms with E-state index >= 15 is 0 Å². The minimum Gasteiger partial charge on any atom is -0.504 e. The summed E-state index contributed by atoms with van der Waals surface area (Å²) in [4.78, 5) is 7.30. The van der Waals surface area contributed by atoms with Crippen molar-refractivity contribution in [2.24, 2.45) is 0 Å². The van der Waals surface area contributed by atoms with E-state index < -0.39 is 0 Å². The Hall–Kier alpha value is -1.38. The standard InChI is InChI=1S/C6H6N2O/c1-2-5-6(9)3-7-4-8-5/h2-4,9H,1H2. The number of hydrogen-bond acceptors (Lipinski definition) is 3. The van der Waals surface area contributed by atoms with Crippen LogP contribution in [0.1, 0.15) is 5.69 Å². The summed E-state index contributed by atoms with van der Waals surface area (Å²) in [7, 11) is 0. The highest BCUT2D eigenvalue weighted by Crippen LogP contribution is 2.10. The molecule has 0 aliphatic rings. The van der Waals surface area contributed by atoms with Crippen molar-refractivity contribution in [1.29, 1.82) is 0 Å². The lowest BCUT2D eigenvalue weighted by molar-refractivity contribution is 0.468. The molecular weight excluding hydrogens is 116 g/mol. The van der Waals surface area contributed by atoms with E-state index in [4.69, 9.17) is 5.11 Å². The highest BCUT2D eigenvalue weighted by Gasteiger charge is 1.92. The van der Waals surface area contributed by atoms with Crippen molar-refractivity contribution in [3.05, 3.63) is 24.8 Å². The van der Waals surface area contributed by atoms with Crippen molar-refractivity contribution < 1.29 is 5.11 Å². The number of nitrogens with zero attached hydrogens (tertiary/aromatic N) is 2. The molecule has 0 radical (unpaired) electrons. The van der Waals surface area contributed by atoms with Crippen LogP contribution in [0.3, 0.4) is 0 Å². The minimum atomic E-state index is 0.0625. The molecule has 46 valence electrons. The Labute approximate surface area is 52.7 Å². The fourth-order valence-electron chi connectivity index (χ4n) is 0.489. The van der Waals surface area contributed by atoms with Crippen LogP contribution >= 0.6 is 0 Å². The van der Waals surface area contributed by atoms with Crippen LogP contribution in [-0.4, -0.2) is 15.1 Å². The minimum absolute atomic E-state index is 0.0625. The molecule has 3 heteroatoms. The molecule has 0 spiro atoms. The molecule has 0 aliphatic heterocycles. The van der Waals surface area contributed by atoms with Gasteiger partial charge in [0, 0.05) is 0 Å². The molecule has 0 saturated carbocycles. The molecule has 1 heterocycles. The van der Waals surface area contributed by atoms with Gasteiger partial charge in [0.15, 0.2) is 5.75 Å². The van der Waals surface area contributed by atoms with Gasteiger partial charge in [-0.15, -0.1) is 0 Å². The molecule has 3 nitrogen and oxygen atoms in total. The van der Waals surface area contributed by atoms with Crippen LogP contribution in [0.15, 0.2) is 19.1 Å². The molecule has 0 unspecified atom stereocenters. The van der Waals surface area contributed by atoms with Crippen LogP contribution in [0.25, 0.3) is 6.08 Å². The lowest BCUT2D eigenvalue weighted by Crippen LogP contribution is -1.81. The Morgan fingerprint density at radius 1 is 1.67 bits per heavy atom. The van der Waals surface area contributed by atoms with Crippen molar-refractivity contribution in [3.8, 4) is 5.75 Å². The molecule has 1 rings (SSSR count). The van der Waals surface area contributed by atoms with Crippen LogP contribution in [-0.2, 0) is 0 Å². The maximum Gasteiger partial charge on any atom is 0.159 e. The number of aromatic hydroxyl groups is 1. The molecular formula is C6H6N2O. The van der Waals surface area contributed by atoms with Crippen LogP contribution in [0.4, 0.5) is 0 Å². The second-order valence-corrected chi connectivity index (χ2v) is 1.50. The molecule has 0 atom stereocenters. The lowest BCUT2D eigenvalue weighted by Gasteiger charge is -1.91. The molecule has 1 aromatic heterocycles. The molecule has 1 N–H and O–H groups in total. The monoisotopic (exact) mass is 122 g/mol. The van der Waals surface area contributed by atoms with Gasteiger partial charge in [-0.25, -0.2) is 9.97 Å². The van der Waals surface area contributed by atoms with Gasteiger partial charge in [0.25, 0.3) is 0 Å². The van der Waals surface area contributed by atoms with Gasteiger partial charge in [0.05, 0.1) is 6.20 Å². The van der Waals surface area contributed by atoms with Crippen LogP contribution in [0.5, 0.6) is 5.75 Å². The van der Waals surface area contributed by atoms with Crippen molar-refractivity contribution in [3.63, 3.8) is 0 Å². The quantitative estimate of drug-likeness (QED) is 0.600. The zero-order valence-corrected chi connectivity index (χ0v) is 4.78. The zero-order chi connectivity index (χ0) is 6.69. The SMILES string of the molecule is C=Cc1ncncc1O. The van der Waals surface area contributed by atoms with E-state index in [1.165, 1.54) is 18.6 Å². The smallest absolute Gasteiger partial charge is 0.159 e. The predicted octanol–water partition coefficient (Wildman–Crippen LogP) is 0.825. The molecule has 0 aliphatic carbocycles. The summed E-state index contributed by atoms with van der Waals surface area (Å²) in [5, 5.41) is 8.91. The second-order valence-electron chi connectivity index (χ2n) is 1.50. The fraction of sp³-hybridized carbons (Fsp3) is 0. The summed E-state index contributed by atoms with van der Waals surface area (Å²) in [5.41, 5.74) is 0.463. The first-order valence-electron chi connectivity index (χ1n) is 2.46. The molecule has 0 aromatic carbocycles. The first-order valence-corrected chi connectivity index (χ1v) is 2.46. The Bertz CT molecular complexity index is 222. The van der Waals surface area contributed by atoms with Gasteiger partial charge in [-0.2, -0.15) is 0 Å². The fourth-order valence-corrected chi connectivity index (χ4v) is 0.489. The third-order valence-electron chi connectivity index (χ3n) is 0.916. The molecule has 1 aromatic rings. The van der Waals surface area contributed by atoms with Gasteiger partial charge in [-0.3, -0.25) is 0 Å².